The first kappa shape index (κ1) is 17.3. The van der Waals surface area contributed by atoms with Crippen LogP contribution in [0.5, 0.6) is 11.5 Å². The van der Waals surface area contributed by atoms with Crippen LogP contribution in [-0.4, -0.2) is 25.1 Å². The highest BCUT2D eigenvalue weighted by molar-refractivity contribution is 6.06. The standard InChI is InChI=1S/C20H19N3O3/c1-25-17-9-14(10-18(12-17)26-2)19-11-16(22-23-19)7-8-20(24)13-3-5-15(21)6-4-13/h3-12H,21H2,1-2H3,(H,22,23)/p+1. The Bertz CT molecular complexity index is 921. The number of allylic oxidation sites excluding steroid dienone is 1. The van der Waals surface area contributed by atoms with Crippen molar-refractivity contribution in [3.63, 3.8) is 0 Å². The number of nitrogens with one attached hydrogen (secondary N) is 2. The number of ether oxygens (including phenoxy) is 2. The van der Waals surface area contributed by atoms with Crippen molar-refractivity contribution in [1.29, 1.82) is 0 Å². The monoisotopic (exact) mass is 350 g/mol. The van der Waals surface area contributed by atoms with Crippen LogP contribution in [-0.2, 0) is 0 Å². The number of rotatable bonds is 6. The summed E-state index contributed by atoms with van der Waals surface area (Å²) < 4.78 is 10.6. The van der Waals surface area contributed by atoms with Crippen LogP contribution in [0, 0.1) is 0 Å². The zero-order valence-corrected chi connectivity index (χ0v) is 14.6. The van der Waals surface area contributed by atoms with Gasteiger partial charge in [0, 0.05) is 23.4 Å². The van der Waals surface area contributed by atoms with E-state index in [1.807, 2.05) is 24.3 Å². The number of carbonyl (C=O) groups excluding carboxylic acids is 1. The van der Waals surface area contributed by atoms with E-state index < -0.39 is 0 Å². The molecule has 0 aliphatic heterocycles. The van der Waals surface area contributed by atoms with E-state index in [-0.39, 0.29) is 5.78 Å². The Morgan fingerprint density at radius 1 is 1.04 bits per heavy atom. The Hall–Kier alpha value is -3.54. The van der Waals surface area contributed by atoms with Gasteiger partial charge in [0.2, 0.25) is 5.69 Å². The lowest BCUT2D eigenvalue weighted by Gasteiger charge is -2.04. The summed E-state index contributed by atoms with van der Waals surface area (Å²) in [5, 5.41) is 6.11. The van der Waals surface area contributed by atoms with Gasteiger partial charge in [0.15, 0.2) is 5.78 Å². The second-order valence-electron chi connectivity index (χ2n) is 5.68. The molecule has 4 N–H and O–H groups in total. The number of hydrogen-bond acceptors (Lipinski definition) is 4. The van der Waals surface area contributed by atoms with Crippen molar-refractivity contribution < 1.29 is 19.4 Å². The summed E-state index contributed by atoms with van der Waals surface area (Å²) in [7, 11) is 3.22. The smallest absolute Gasteiger partial charge is 0.236 e. The van der Waals surface area contributed by atoms with E-state index in [1.165, 1.54) is 6.08 Å². The van der Waals surface area contributed by atoms with E-state index in [1.54, 1.807) is 44.6 Å². The van der Waals surface area contributed by atoms with Crippen molar-refractivity contribution in [3.05, 3.63) is 65.9 Å². The third-order valence-corrected chi connectivity index (χ3v) is 3.91. The van der Waals surface area contributed by atoms with Gasteiger partial charge in [-0.05, 0) is 48.6 Å². The molecule has 0 amide bonds. The lowest BCUT2D eigenvalue weighted by molar-refractivity contribution is -0.437. The molecule has 0 atom stereocenters. The molecule has 1 aromatic heterocycles. The second-order valence-corrected chi connectivity index (χ2v) is 5.68. The van der Waals surface area contributed by atoms with Crippen molar-refractivity contribution in [3.8, 4) is 22.8 Å². The van der Waals surface area contributed by atoms with Gasteiger partial charge < -0.3 is 15.2 Å². The van der Waals surface area contributed by atoms with Gasteiger partial charge in [0.1, 0.15) is 17.2 Å². The molecule has 6 heteroatoms. The van der Waals surface area contributed by atoms with Gasteiger partial charge in [-0.15, -0.1) is 5.10 Å². The molecule has 0 saturated carbocycles. The average molecular weight is 350 g/mol. The maximum absolute atomic E-state index is 12.2. The van der Waals surface area contributed by atoms with E-state index in [2.05, 4.69) is 10.2 Å². The molecule has 0 aliphatic carbocycles. The summed E-state index contributed by atoms with van der Waals surface area (Å²) in [5.74, 6) is 1.30. The third-order valence-electron chi connectivity index (χ3n) is 3.91. The summed E-state index contributed by atoms with van der Waals surface area (Å²) in [4.78, 5) is 12.2. The highest BCUT2D eigenvalue weighted by atomic mass is 16.5. The number of benzene rings is 2. The van der Waals surface area contributed by atoms with Gasteiger partial charge in [-0.2, -0.15) is 5.10 Å². The fourth-order valence-electron chi connectivity index (χ4n) is 2.48. The van der Waals surface area contributed by atoms with E-state index >= 15 is 0 Å². The Labute approximate surface area is 151 Å². The molecule has 0 bridgehead atoms. The molecule has 0 aliphatic rings. The first-order valence-electron chi connectivity index (χ1n) is 8.01. The number of methoxy groups -OCH3 is 2. The average Bonchev–Trinajstić information content (AvgIpc) is 3.15. The number of hydrogen-bond donors (Lipinski definition) is 2. The van der Waals surface area contributed by atoms with Gasteiger partial charge in [0.25, 0.3) is 0 Å². The molecule has 0 saturated heterocycles. The quantitative estimate of drug-likeness (QED) is 0.406. The lowest BCUT2D eigenvalue weighted by atomic mass is 10.1. The van der Waals surface area contributed by atoms with Crippen molar-refractivity contribution in [2.24, 2.45) is 0 Å². The van der Waals surface area contributed by atoms with E-state index in [0.717, 1.165) is 17.0 Å². The van der Waals surface area contributed by atoms with Crippen molar-refractivity contribution in [2.45, 2.75) is 0 Å². The number of aromatic nitrogens is 2. The van der Waals surface area contributed by atoms with E-state index in [0.29, 0.717) is 22.7 Å². The molecular weight excluding hydrogens is 330 g/mol. The Morgan fingerprint density at radius 2 is 1.69 bits per heavy atom. The molecule has 1 heterocycles. The Morgan fingerprint density at radius 3 is 2.31 bits per heavy atom. The minimum Gasteiger partial charge on any atom is -0.497 e. The summed E-state index contributed by atoms with van der Waals surface area (Å²) >= 11 is 0. The van der Waals surface area contributed by atoms with E-state index in [9.17, 15) is 4.79 Å². The van der Waals surface area contributed by atoms with Crippen LogP contribution in [0.2, 0.25) is 0 Å². The predicted octanol–water partition coefficient (Wildman–Crippen LogP) is 2.99. The number of ketones is 1. The van der Waals surface area contributed by atoms with E-state index in [4.69, 9.17) is 15.2 Å². The van der Waals surface area contributed by atoms with Crippen LogP contribution in [0.25, 0.3) is 17.3 Å². The maximum Gasteiger partial charge on any atom is 0.236 e. The van der Waals surface area contributed by atoms with Crippen LogP contribution in [0.15, 0.2) is 54.6 Å². The molecule has 0 fully saturated rings. The largest absolute Gasteiger partial charge is 0.497 e. The van der Waals surface area contributed by atoms with Crippen LogP contribution in [0.1, 0.15) is 16.1 Å². The molecule has 132 valence electrons. The van der Waals surface area contributed by atoms with Gasteiger partial charge in [-0.25, -0.2) is 0 Å². The van der Waals surface area contributed by atoms with Crippen LogP contribution >= 0.6 is 0 Å². The number of nitrogen functional groups attached to an aromatic ring is 1. The predicted molar refractivity (Wildman–Crippen MR) is 100 cm³/mol. The molecule has 6 nitrogen and oxygen atoms in total. The Balaban J connectivity index is 1.79. The number of aromatic amines is 2. The normalized spacial score (nSPS) is 10.8. The highest BCUT2D eigenvalue weighted by Crippen LogP contribution is 2.28. The summed E-state index contributed by atoms with van der Waals surface area (Å²) in [5.41, 5.74) is 9.37. The summed E-state index contributed by atoms with van der Waals surface area (Å²) in [6.07, 6.45) is 3.23. The van der Waals surface area contributed by atoms with Gasteiger partial charge in [-0.1, -0.05) is 0 Å². The second kappa shape index (κ2) is 7.57. The highest BCUT2D eigenvalue weighted by Gasteiger charge is 2.12. The number of anilines is 1. The number of carbonyl (C=O) groups is 1. The lowest BCUT2D eigenvalue weighted by Crippen LogP contribution is -2.05. The van der Waals surface area contributed by atoms with Crippen LogP contribution in [0.3, 0.4) is 0 Å². The third kappa shape index (κ3) is 3.92. The minimum absolute atomic E-state index is 0.0933. The topological polar surface area (TPSA) is 91.5 Å². The zero-order chi connectivity index (χ0) is 18.5. The SMILES string of the molecule is COc1cc(OC)cc(-c2cc(C=CC(=O)c3ccc(N)cc3)[nH][nH+]2)c1. The number of nitrogens with two attached hydrogens (primary N) is 1. The van der Waals surface area contributed by atoms with Gasteiger partial charge >= 0.3 is 0 Å². The maximum atomic E-state index is 12.2. The molecule has 0 unspecified atom stereocenters. The first-order chi connectivity index (χ1) is 12.6. The molecule has 2 aromatic carbocycles. The molecule has 0 radical (unpaired) electrons. The fourth-order valence-corrected chi connectivity index (χ4v) is 2.48. The molecule has 3 rings (SSSR count). The summed E-state index contributed by atoms with van der Waals surface area (Å²) in [6, 6.07) is 14.3. The molecule has 26 heavy (non-hydrogen) atoms. The van der Waals surface area contributed by atoms with Crippen molar-refractivity contribution >= 4 is 17.5 Å². The van der Waals surface area contributed by atoms with Gasteiger partial charge in [0.05, 0.1) is 19.8 Å². The first-order valence-corrected chi connectivity index (χ1v) is 8.01. The van der Waals surface area contributed by atoms with Crippen molar-refractivity contribution in [2.75, 3.05) is 20.0 Å². The van der Waals surface area contributed by atoms with Crippen molar-refractivity contribution in [1.82, 2.24) is 5.10 Å². The Kier molecular flexibility index (Phi) is 5.03. The molecular formula is C20H20N3O3+. The zero-order valence-electron chi connectivity index (χ0n) is 14.6. The number of H-pyrrole nitrogens is 2. The molecule has 3 aromatic rings. The molecule has 0 spiro atoms. The van der Waals surface area contributed by atoms with Crippen LogP contribution in [0.4, 0.5) is 5.69 Å². The van der Waals surface area contributed by atoms with Gasteiger partial charge in [-0.3, -0.25) is 4.79 Å². The minimum atomic E-state index is -0.0933. The van der Waals surface area contributed by atoms with Crippen LogP contribution < -0.4 is 20.3 Å². The fraction of sp³-hybridized carbons (Fsp3) is 0.100. The summed E-state index contributed by atoms with van der Waals surface area (Å²) in [6.45, 7) is 0.